The van der Waals surface area contributed by atoms with Crippen molar-refractivity contribution in [2.75, 3.05) is 0 Å². The van der Waals surface area contributed by atoms with Crippen molar-refractivity contribution >= 4 is 5.69 Å². The third-order valence-corrected chi connectivity index (χ3v) is 2.21. The maximum Gasteiger partial charge on any atom is 0.232 e. The average Bonchev–Trinajstić information content (AvgIpc) is 2.51. The SMILES string of the molecule is Cc1cccc([N+]2=NC=CC2C)c1. The van der Waals surface area contributed by atoms with Crippen molar-refractivity contribution in [2.45, 2.75) is 19.9 Å². The summed E-state index contributed by atoms with van der Waals surface area (Å²) in [5.41, 5.74) is 2.43. The first kappa shape index (κ1) is 8.17. The van der Waals surface area contributed by atoms with E-state index < -0.39 is 0 Å². The zero-order chi connectivity index (χ0) is 9.26. The van der Waals surface area contributed by atoms with Crippen LogP contribution in [-0.2, 0) is 0 Å². The molecule has 0 aliphatic carbocycles. The van der Waals surface area contributed by atoms with Crippen LogP contribution in [0.3, 0.4) is 0 Å². The second-order valence-corrected chi connectivity index (χ2v) is 3.38. The zero-order valence-corrected chi connectivity index (χ0v) is 7.94. The molecule has 0 fully saturated rings. The average molecular weight is 173 g/mol. The van der Waals surface area contributed by atoms with Crippen LogP contribution in [0, 0.1) is 6.92 Å². The Morgan fingerprint density at radius 2 is 2.23 bits per heavy atom. The van der Waals surface area contributed by atoms with Gasteiger partial charge in [0.15, 0.2) is 0 Å². The van der Waals surface area contributed by atoms with E-state index in [0.29, 0.717) is 6.04 Å². The lowest BCUT2D eigenvalue weighted by atomic mass is 10.2. The Morgan fingerprint density at radius 1 is 1.38 bits per heavy atom. The summed E-state index contributed by atoms with van der Waals surface area (Å²) in [7, 11) is 0. The van der Waals surface area contributed by atoms with Crippen molar-refractivity contribution in [1.29, 1.82) is 0 Å². The molecular formula is C11H13N2+. The molecule has 0 aromatic heterocycles. The Kier molecular flexibility index (Phi) is 1.97. The molecule has 0 bridgehead atoms. The quantitative estimate of drug-likeness (QED) is 0.580. The van der Waals surface area contributed by atoms with Gasteiger partial charge in [-0.25, -0.2) is 0 Å². The van der Waals surface area contributed by atoms with Crippen LogP contribution in [0.2, 0.25) is 0 Å². The number of benzene rings is 1. The number of rotatable bonds is 1. The topological polar surface area (TPSA) is 15.4 Å². The highest BCUT2D eigenvalue weighted by atomic mass is 15.3. The monoisotopic (exact) mass is 173 g/mol. The van der Waals surface area contributed by atoms with Crippen LogP contribution < -0.4 is 0 Å². The molecule has 0 N–H and O–H groups in total. The van der Waals surface area contributed by atoms with Gasteiger partial charge in [0.25, 0.3) is 0 Å². The summed E-state index contributed by atoms with van der Waals surface area (Å²) in [6, 6.07) is 8.76. The van der Waals surface area contributed by atoms with E-state index in [-0.39, 0.29) is 0 Å². The minimum atomic E-state index is 0.377. The molecule has 2 heteroatoms. The second-order valence-electron chi connectivity index (χ2n) is 3.38. The van der Waals surface area contributed by atoms with Gasteiger partial charge in [-0.05, 0) is 17.6 Å². The van der Waals surface area contributed by atoms with Gasteiger partial charge < -0.3 is 0 Å². The Labute approximate surface area is 78.2 Å². The predicted octanol–water partition coefficient (Wildman–Crippen LogP) is 3.01. The maximum atomic E-state index is 4.28. The highest BCUT2D eigenvalue weighted by Crippen LogP contribution is 2.19. The van der Waals surface area contributed by atoms with Gasteiger partial charge in [0.1, 0.15) is 0 Å². The fourth-order valence-electron chi connectivity index (χ4n) is 1.49. The third-order valence-electron chi connectivity index (χ3n) is 2.21. The maximum absolute atomic E-state index is 4.28. The number of hydrogen-bond donors (Lipinski definition) is 0. The first-order valence-corrected chi connectivity index (χ1v) is 4.51. The van der Waals surface area contributed by atoms with Crippen LogP contribution >= 0.6 is 0 Å². The number of nitrogens with zero attached hydrogens (tertiary/aromatic N) is 2. The summed E-state index contributed by atoms with van der Waals surface area (Å²) in [5, 5.41) is 4.28. The smallest absolute Gasteiger partial charge is 0.0782 e. The highest BCUT2D eigenvalue weighted by Gasteiger charge is 2.21. The summed E-state index contributed by atoms with van der Waals surface area (Å²) in [4.78, 5) is 0. The highest BCUT2D eigenvalue weighted by molar-refractivity contribution is 5.33. The lowest BCUT2D eigenvalue weighted by Crippen LogP contribution is -2.10. The molecule has 0 radical (unpaired) electrons. The normalized spacial score (nSPS) is 20.5. The molecule has 0 saturated carbocycles. The number of hydrogen-bond acceptors (Lipinski definition) is 1. The van der Waals surface area contributed by atoms with Crippen LogP contribution in [0.15, 0.2) is 41.7 Å². The van der Waals surface area contributed by atoms with Gasteiger partial charge in [0.05, 0.1) is 6.20 Å². The molecule has 13 heavy (non-hydrogen) atoms. The van der Waals surface area contributed by atoms with Crippen molar-refractivity contribution in [3.05, 3.63) is 42.1 Å². The number of azo groups is 2. The molecule has 1 aromatic rings. The first-order valence-electron chi connectivity index (χ1n) is 4.51. The fourth-order valence-corrected chi connectivity index (χ4v) is 1.49. The Balaban J connectivity index is 2.37. The molecule has 2 nitrogen and oxygen atoms in total. The molecule has 1 aliphatic rings. The molecule has 0 saturated heterocycles. The van der Waals surface area contributed by atoms with E-state index in [1.54, 1.807) is 0 Å². The lowest BCUT2D eigenvalue weighted by Gasteiger charge is -1.99. The third kappa shape index (κ3) is 1.52. The molecule has 0 spiro atoms. The van der Waals surface area contributed by atoms with Gasteiger partial charge in [-0.15, -0.1) is 0 Å². The van der Waals surface area contributed by atoms with E-state index in [9.17, 15) is 0 Å². The molecule has 1 heterocycles. The summed E-state index contributed by atoms with van der Waals surface area (Å²) in [5.74, 6) is 0. The minimum absolute atomic E-state index is 0.377. The Morgan fingerprint density at radius 3 is 2.85 bits per heavy atom. The largest absolute Gasteiger partial charge is 0.232 e. The fraction of sp³-hybridized carbons (Fsp3) is 0.273. The van der Waals surface area contributed by atoms with Crippen molar-refractivity contribution in [3.8, 4) is 0 Å². The van der Waals surface area contributed by atoms with Crippen LogP contribution in [0.4, 0.5) is 5.69 Å². The van der Waals surface area contributed by atoms with Gasteiger partial charge in [0.2, 0.25) is 11.7 Å². The van der Waals surface area contributed by atoms with Crippen molar-refractivity contribution < 1.29 is 4.70 Å². The Bertz CT molecular complexity index is 377. The molecule has 0 amide bonds. The summed E-state index contributed by atoms with van der Waals surface area (Å²) in [6.07, 6.45) is 3.94. The zero-order valence-electron chi connectivity index (χ0n) is 7.94. The summed E-state index contributed by atoms with van der Waals surface area (Å²) < 4.78 is 2.02. The van der Waals surface area contributed by atoms with Crippen LogP contribution in [0.5, 0.6) is 0 Å². The summed E-state index contributed by atoms with van der Waals surface area (Å²) in [6.45, 7) is 4.23. The Hall–Kier alpha value is -1.44. The van der Waals surface area contributed by atoms with Crippen LogP contribution in [-0.4, -0.2) is 10.7 Å². The van der Waals surface area contributed by atoms with Crippen molar-refractivity contribution in [2.24, 2.45) is 5.11 Å². The van der Waals surface area contributed by atoms with Crippen LogP contribution in [0.25, 0.3) is 0 Å². The molecule has 1 atom stereocenters. The lowest BCUT2D eigenvalue weighted by molar-refractivity contribution is -0.526. The van der Waals surface area contributed by atoms with Crippen LogP contribution in [0.1, 0.15) is 12.5 Å². The van der Waals surface area contributed by atoms with Gasteiger partial charge in [0, 0.05) is 25.1 Å². The van der Waals surface area contributed by atoms with Gasteiger partial charge in [-0.3, -0.25) is 0 Å². The van der Waals surface area contributed by atoms with E-state index in [0.717, 1.165) is 5.69 Å². The van der Waals surface area contributed by atoms with Gasteiger partial charge in [-0.2, -0.15) is 0 Å². The molecule has 1 aliphatic heterocycles. The van der Waals surface area contributed by atoms with Crippen molar-refractivity contribution in [3.63, 3.8) is 0 Å². The van der Waals surface area contributed by atoms with Gasteiger partial charge >= 0.3 is 0 Å². The van der Waals surface area contributed by atoms with E-state index in [1.165, 1.54) is 5.56 Å². The van der Waals surface area contributed by atoms with E-state index in [1.807, 2.05) is 10.9 Å². The molecule has 66 valence electrons. The minimum Gasteiger partial charge on any atom is -0.0782 e. The molecular weight excluding hydrogens is 160 g/mol. The van der Waals surface area contributed by atoms with E-state index in [2.05, 4.69) is 49.3 Å². The van der Waals surface area contributed by atoms with E-state index >= 15 is 0 Å². The number of aryl methyl sites for hydroxylation is 1. The molecule has 2 rings (SSSR count). The molecule has 1 unspecified atom stereocenters. The van der Waals surface area contributed by atoms with Gasteiger partial charge in [-0.1, -0.05) is 16.8 Å². The summed E-state index contributed by atoms with van der Waals surface area (Å²) >= 11 is 0. The molecule has 1 aromatic carbocycles. The standard InChI is InChI=1S/C11H13N2/c1-9-4-3-5-11(8-9)13-10(2)6-7-12-13/h3-8,10H,1-2H3/q+1. The second kappa shape index (κ2) is 3.13. The predicted molar refractivity (Wildman–Crippen MR) is 52.1 cm³/mol. The van der Waals surface area contributed by atoms with Crippen molar-refractivity contribution in [1.82, 2.24) is 0 Å². The van der Waals surface area contributed by atoms with E-state index in [4.69, 9.17) is 0 Å². The first-order chi connectivity index (χ1) is 6.27.